The van der Waals surface area contributed by atoms with Crippen LogP contribution in [0.4, 0.5) is 26.5 Å². The second kappa shape index (κ2) is 27.4. The molecule has 69 heavy (non-hydrogen) atoms. The van der Waals surface area contributed by atoms with Crippen molar-refractivity contribution in [2.75, 3.05) is 0 Å². The molecule has 1 aliphatic heterocycles. The third-order valence-corrected chi connectivity index (χ3v) is 10.0. The SMILES string of the molecule is C.C.C.C.Cc1cn2nc(B(O)O)cc(C)c2n1.Cc1cn2nc(B3OC(C)(C)C(C)(C)O3)cc(C)c2n1.Cc1cn2nc(F)cc(C)c2n1.Cc1cn2nc([B-](F)(F)F)cc(C)c2n1.FF.[H+].[H-].[K+].[K+]. The zero-order valence-electron chi connectivity index (χ0n) is 40.7. The van der Waals surface area contributed by atoms with Crippen LogP contribution in [0.2, 0.25) is 0 Å². The van der Waals surface area contributed by atoms with Gasteiger partial charge in [0, 0.05) is 20.8 Å². The first-order valence-electron chi connectivity index (χ1n) is 19.4. The number of aryl methyl sites for hydroxylation is 8. The number of imidazole rings is 4. The molecule has 0 aromatic carbocycles. The average Bonchev–Trinajstić information content (AvgIpc) is 3.99. The van der Waals surface area contributed by atoms with Crippen LogP contribution in [0.5, 0.6) is 0 Å². The molecule has 368 valence electrons. The molecule has 1 fully saturated rings. The van der Waals surface area contributed by atoms with Gasteiger partial charge < -0.3 is 33.7 Å². The average molecular weight is 1030 g/mol. The van der Waals surface area contributed by atoms with Crippen molar-refractivity contribution >= 4 is 60.6 Å². The van der Waals surface area contributed by atoms with Gasteiger partial charge in [0.2, 0.25) is 5.95 Å². The monoisotopic (exact) mass is 1030 g/mol. The minimum absolute atomic E-state index is 0. The number of halogens is 6. The fourth-order valence-electron chi connectivity index (χ4n) is 6.38. The number of aromatic nitrogens is 12. The molecule has 9 rings (SSSR count). The Hall–Kier alpha value is -2.63. The largest absolute Gasteiger partial charge is 1.00 e. The Morgan fingerprint density at radius 3 is 1.29 bits per heavy atom. The summed E-state index contributed by atoms with van der Waals surface area (Å²) in [5, 5.41) is 33.7. The first-order chi connectivity index (χ1) is 29.3. The molecule has 0 spiro atoms. The van der Waals surface area contributed by atoms with Crippen molar-refractivity contribution in [3.8, 4) is 0 Å². The van der Waals surface area contributed by atoms with E-state index in [9.17, 15) is 17.3 Å². The smallest absolute Gasteiger partial charge is 1.00 e. The summed E-state index contributed by atoms with van der Waals surface area (Å²) in [7, 11) is -1.98. The second-order valence-electron chi connectivity index (χ2n) is 16.0. The molecule has 0 saturated carbocycles. The predicted octanol–water partition coefficient (Wildman–Crippen LogP) is 1.17. The summed E-state index contributed by atoms with van der Waals surface area (Å²) in [6.45, 7) is 17.8. The minimum atomic E-state index is -5.06. The summed E-state index contributed by atoms with van der Waals surface area (Å²) < 4.78 is 84.2. The van der Waals surface area contributed by atoms with E-state index < -0.39 is 32.8 Å². The van der Waals surface area contributed by atoms with E-state index in [-0.39, 0.29) is 152 Å². The van der Waals surface area contributed by atoms with Crippen molar-refractivity contribution in [3.63, 3.8) is 0 Å². The minimum Gasteiger partial charge on any atom is -1.00 e. The maximum absolute atomic E-state index is 12.7. The normalized spacial score (nSPS) is 12.9. The number of rotatable bonds is 3. The van der Waals surface area contributed by atoms with Gasteiger partial charge in [-0.15, -0.1) is 5.10 Å². The van der Waals surface area contributed by atoms with E-state index in [4.69, 9.17) is 28.5 Å². The molecule has 0 unspecified atom stereocenters. The Balaban J connectivity index is -0.000000407. The number of hydrogen-bond acceptors (Lipinski definition) is 12. The molecular formula is C42H64B3F6K2N12O4+. The molecule has 0 aliphatic carbocycles. The fraction of sp³-hybridized carbons (Fsp3) is 0.429. The maximum atomic E-state index is 12.7. The summed E-state index contributed by atoms with van der Waals surface area (Å²) >= 11 is 0. The molecule has 27 heteroatoms. The molecule has 2 N–H and O–H groups in total. The predicted molar refractivity (Wildman–Crippen MR) is 255 cm³/mol. The summed E-state index contributed by atoms with van der Waals surface area (Å²) in [6, 6.07) is 6.01. The zero-order valence-corrected chi connectivity index (χ0v) is 44.9. The second-order valence-corrected chi connectivity index (χ2v) is 16.0. The third kappa shape index (κ3) is 16.4. The van der Waals surface area contributed by atoms with Gasteiger partial charge >= 0.3 is 125 Å². The topological polar surface area (TPSA) is 180 Å². The fourth-order valence-corrected chi connectivity index (χ4v) is 6.38. The van der Waals surface area contributed by atoms with Gasteiger partial charge in [-0.2, -0.15) is 14.6 Å². The number of hydrogen-bond donors (Lipinski definition) is 2. The quantitative estimate of drug-likeness (QED) is 0.191. The van der Waals surface area contributed by atoms with Crippen LogP contribution in [0.3, 0.4) is 0 Å². The summed E-state index contributed by atoms with van der Waals surface area (Å²) in [5.41, 5.74) is 8.79. The molecule has 1 aliphatic rings. The zero-order chi connectivity index (χ0) is 46.9. The van der Waals surface area contributed by atoms with Crippen molar-refractivity contribution in [2.45, 2.75) is 124 Å². The number of nitrogens with zero attached hydrogens (tertiary/aromatic N) is 12. The van der Waals surface area contributed by atoms with Crippen molar-refractivity contribution in [2.24, 2.45) is 0 Å². The van der Waals surface area contributed by atoms with Gasteiger partial charge in [-0.3, -0.25) is 0 Å². The van der Waals surface area contributed by atoms with Crippen molar-refractivity contribution in [1.82, 2.24) is 58.4 Å². The van der Waals surface area contributed by atoms with Crippen LogP contribution >= 0.6 is 0 Å². The first-order valence-corrected chi connectivity index (χ1v) is 19.4. The summed E-state index contributed by atoms with van der Waals surface area (Å²) in [6.07, 6.45) is 6.84. The van der Waals surface area contributed by atoms with Crippen LogP contribution in [0.25, 0.3) is 22.6 Å². The van der Waals surface area contributed by atoms with Gasteiger partial charge in [0.15, 0.2) is 22.6 Å². The number of fused-ring (bicyclic) bond motifs is 4. The van der Waals surface area contributed by atoms with Crippen LogP contribution in [-0.2, 0) is 9.31 Å². The van der Waals surface area contributed by atoms with Gasteiger partial charge in [0.1, 0.15) is 0 Å². The van der Waals surface area contributed by atoms with Crippen molar-refractivity contribution in [1.29, 1.82) is 0 Å². The molecule has 8 aromatic heterocycles. The molecular weight excluding hydrogens is 961 g/mol. The van der Waals surface area contributed by atoms with Crippen molar-refractivity contribution in [3.05, 3.63) is 100 Å². The van der Waals surface area contributed by atoms with Gasteiger partial charge in [-0.1, -0.05) is 35.8 Å². The Labute approximate surface area is 488 Å². The van der Waals surface area contributed by atoms with Gasteiger partial charge in [-0.25, -0.2) is 43.1 Å². The van der Waals surface area contributed by atoms with Gasteiger partial charge in [0.05, 0.1) is 70.0 Å². The molecule has 0 amide bonds. The standard InChI is InChI=1S/C14H20BN3O2.C8H8BF3N3.C8H10BN3O2.C8H8FN3.4CH4.F2.2K.H/c1-9-7-11(17-18-8-10(2)16-12(9)18)15-19-13(3,4)14(5,6)20-15;1-5-3-7(9(10,11)12)14-15-4-6(2)13-8(5)15;1-5-3-7(9(13)14)11-12-4-6(2)10-8(5)12;1-5-3-7(9)11-12-4-6(2)10-8(5)12;;;;;1-2;;;/h7-8H,1-6H3;3-4H,1-2H3;3-4,13-14H,1-2H3;3-4H,1-2H3;4*1H4;;;;/q;-1;;;;;;;;2*+1;-1/p+1. The van der Waals surface area contributed by atoms with Crippen LogP contribution in [0.15, 0.2) is 49.1 Å². The van der Waals surface area contributed by atoms with Gasteiger partial charge in [0.25, 0.3) is 0 Å². The Morgan fingerprint density at radius 2 is 0.899 bits per heavy atom. The van der Waals surface area contributed by atoms with Crippen molar-refractivity contribution < 1.29 is 151 Å². The van der Waals surface area contributed by atoms with E-state index in [1.54, 1.807) is 41.3 Å². The molecule has 0 atom stereocenters. The first kappa shape index (κ1) is 68.4. The van der Waals surface area contributed by atoms with E-state index >= 15 is 0 Å². The molecule has 0 radical (unpaired) electrons. The van der Waals surface area contributed by atoms with E-state index in [0.717, 1.165) is 56.7 Å². The summed E-state index contributed by atoms with van der Waals surface area (Å²) in [5.74, 6) is -0.475. The molecule has 9 heterocycles. The van der Waals surface area contributed by atoms with Gasteiger partial charge in [-0.05, 0) is 117 Å². The maximum Gasteiger partial charge on any atom is 1.00 e. The third-order valence-electron chi connectivity index (χ3n) is 10.0. The van der Waals surface area contributed by atoms with E-state index in [2.05, 4.69) is 40.3 Å². The molecule has 16 nitrogen and oxygen atoms in total. The van der Waals surface area contributed by atoms with E-state index in [0.29, 0.717) is 22.6 Å². The molecule has 1 saturated heterocycles. The van der Waals surface area contributed by atoms with Crippen LogP contribution in [0, 0.1) is 61.3 Å². The molecule has 8 aromatic rings. The van der Waals surface area contributed by atoms with Crippen LogP contribution in [-0.4, -0.2) is 101 Å². The van der Waals surface area contributed by atoms with Crippen LogP contribution in [0.1, 0.15) is 105 Å². The Bertz CT molecular complexity index is 2910. The van der Waals surface area contributed by atoms with E-state index in [1.165, 1.54) is 21.3 Å². The van der Waals surface area contributed by atoms with E-state index in [1.807, 2.05) is 81.5 Å². The molecule has 0 bridgehead atoms. The summed E-state index contributed by atoms with van der Waals surface area (Å²) in [4.78, 5) is 17.0. The Kier molecular flexibility index (Phi) is 27.2. The van der Waals surface area contributed by atoms with Crippen LogP contribution < -0.4 is 120 Å². The Morgan fingerprint density at radius 1 is 0.565 bits per heavy atom.